The number of likely N-dealkylation sites (tertiary alicyclic amines) is 1. The molecule has 6 heteroatoms. The molecule has 0 saturated carbocycles. The molecule has 1 fully saturated rings. The minimum atomic E-state index is -3.25. The molecule has 0 N–H and O–H groups in total. The van der Waals surface area contributed by atoms with E-state index in [1.165, 1.54) is 4.88 Å². The highest BCUT2D eigenvalue weighted by Crippen LogP contribution is 2.46. The Bertz CT molecular complexity index is 1010. The van der Waals surface area contributed by atoms with E-state index in [1.54, 1.807) is 23.7 Å². The van der Waals surface area contributed by atoms with E-state index >= 15 is 0 Å². The summed E-state index contributed by atoms with van der Waals surface area (Å²) < 4.78 is 31.3. The van der Waals surface area contributed by atoms with Crippen molar-refractivity contribution in [1.82, 2.24) is 4.90 Å². The van der Waals surface area contributed by atoms with Crippen LogP contribution in [0.4, 0.5) is 0 Å². The highest BCUT2D eigenvalue weighted by molar-refractivity contribution is 7.92. The summed E-state index contributed by atoms with van der Waals surface area (Å²) in [6.07, 6.45) is 1.66. The number of nitrogens with zero attached hydrogens (tertiary/aromatic N) is 1. The average molecular weight is 371 g/mol. The second kappa shape index (κ2) is 5.56. The summed E-state index contributed by atoms with van der Waals surface area (Å²) in [4.78, 5) is 3.89. The molecule has 25 heavy (non-hydrogen) atoms. The maximum absolute atomic E-state index is 13.0. The first kappa shape index (κ1) is 15.4. The maximum Gasteiger partial charge on any atom is 0.183 e. The van der Waals surface area contributed by atoms with Gasteiger partial charge in [-0.2, -0.15) is 0 Å². The summed E-state index contributed by atoms with van der Waals surface area (Å²) in [5.74, 6) is 0.930. The Kier molecular flexibility index (Phi) is 3.42. The van der Waals surface area contributed by atoms with Gasteiger partial charge in [-0.3, -0.25) is 4.90 Å². The van der Waals surface area contributed by atoms with Crippen molar-refractivity contribution in [2.45, 2.75) is 22.6 Å². The zero-order chi connectivity index (χ0) is 17.0. The molecule has 2 aromatic heterocycles. The van der Waals surface area contributed by atoms with Crippen molar-refractivity contribution in [2.75, 3.05) is 13.1 Å². The van der Waals surface area contributed by atoms with E-state index in [9.17, 15) is 8.42 Å². The van der Waals surface area contributed by atoms with Gasteiger partial charge in [0.05, 0.1) is 23.0 Å². The van der Waals surface area contributed by atoms with Gasteiger partial charge < -0.3 is 4.42 Å². The summed E-state index contributed by atoms with van der Waals surface area (Å²) in [6.45, 7) is 1.98. The Balaban J connectivity index is 1.51. The molecule has 1 aromatic carbocycles. The van der Waals surface area contributed by atoms with Crippen LogP contribution in [0.2, 0.25) is 0 Å². The van der Waals surface area contributed by atoms with Gasteiger partial charge in [-0.25, -0.2) is 8.42 Å². The molecule has 4 nitrogen and oxygen atoms in total. The molecule has 2 atom stereocenters. The first-order valence-electron chi connectivity index (χ1n) is 8.29. The molecule has 0 radical (unpaired) electrons. The number of rotatable bonds is 3. The number of sulfone groups is 1. The van der Waals surface area contributed by atoms with Crippen molar-refractivity contribution in [2.24, 2.45) is 0 Å². The summed E-state index contributed by atoms with van der Waals surface area (Å²) in [5.41, 5.74) is 2.09. The van der Waals surface area contributed by atoms with Crippen LogP contribution in [0, 0.1) is 0 Å². The standard InChI is InChI=1S/C19H17NO3S2/c21-25(22)18-6-5-13(17-4-2-8-24-17)9-15(18)16-11-20(12-19(16)25)10-14-3-1-7-23-14/h1-9,16,19H,10-12H2/t16-,19-/m1/s1. The van der Waals surface area contributed by atoms with Crippen molar-refractivity contribution in [3.05, 3.63) is 65.4 Å². The zero-order valence-corrected chi connectivity index (χ0v) is 15.1. The fourth-order valence-corrected chi connectivity index (χ4v) is 6.99. The molecule has 0 amide bonds. The smallest absolute Gasteiger partial charge is 0.183 e. The van der Waals surface area contributed by atoms with Crippen LogP contribution in [0.3, 0.4) is 0 Å². The lowest BCUT2D eigenvalue weighted by Gasteiger charge is -2.16. The first-order valence-corrected chi connectivity index (χ1v) is 10.7. The Morgan fingerprint density at radius 3 is 2.84 bits per heavy atom. The van der Waals surface area contributed by atoms with Crippen LogP contribution in [-0.2, 0) is 16.4 Å². The van der Waals surface area contributed by atoms with Crippen molar-refractivity contribution in [1.29, 1.82) is 0 Å². The molecule has 4 heterocycles. The van der Waals surface area contributed by atoms with E-state index in [4.69, 9.17) is 4.42 Å². The summed E-state index contributed by atoms with van der Waals surface area (Å²) in [5, 5.41) is 1.71. The van der Waals surface area contributed by atoms with Crippen LogP contribution in [0.1, 0.15) is 17.2 Å². The SMILES string of the molecule is O=S1(=O)c2ccc(-c3cccs3)cc2[C@H]2CN(Cc3ccco3)C[C@H]21. The largest absolute Gasteiger partial charge is 0.468 e. The summed E-state index contributed by atoms with van der Waals surface area (Å²) in [6, 6.07) is 13.7. The van der Waals surface area contributed by atoms with E-state index in [-0.39, 0.29) is 11.2 Å². The third kappa shape index (κ3) is 2.39. The minimum Gasteiger partial charge on any atom is -0.468 e. The fraction of sp³-hybridized carbons (Fsp3) is 0.263. The van der Waals surface area contributed by atoms with E-state index in [1.807, 2.05) is 29.6 Å². The van der Waals surface area contributed by atoms with E-state index in [2.05, 4.69) is 17.0 Å². The van der Waals surface area contributed by atoms with Crippen molar-refractivity contribution >= 4 is 21.2 Å². The van der Waals surface area contributed by atoms with Gasteiger partial charge in [-0.15, -0.1) is 11.3 Å². The van der Waals surface area contributed by atoms with Crippen LogP contribution in [-0.4, -0.2) is 31.7 Å². The van der Waals surface area contributed by atoms with Crippen LogP contribution >= 0.6 is 11.3 Å². The zero-order valence-electron chi connectivity index (χ0n) is 13.5. The van der Waals surface area contributed by atoms with E-state index in [0.717, 1.165) is 23.4 Å². The Labute approximate surface area is 150 Å². The van der Waals surface area contributed by atoms with Gasteiger partial charge in [0.15, 0.2) is 9.84 Å². The second-order valence-corrected chi connectivity index (χ2v) is 9.78. The lowest BCUT2D eigenvalue weighted by molar-refractivity contribution is 0.293. The molecule has 2 aliphatic heterocycles. The number of furan rings is 1. The van der Waals surface area contributed by atoms with Gasteiger partial charge in [0.25, 0.3) is 0 Å². The highest BCUT2D eigenvalue weighted by atomic mass is 32.2. The minimum absolute atomic E-state index is 0.0508. The number of fused-ring (bicyclic) bond motifs is 3. The molecule has 0 aliphatic carbocycles. The van der Waals surface area contributed by atoms with Gasteiger partial charge in [0.2, 0.25) is 0 Å². The number of thiophene rings is 1. The van der Waals surface area contributed by atoms with Crippen LogP contribution in [0.15, 0.2) is 63.4 Å². The quantitative estimate of drug-likeness (QED) is 0.703. The van der Waals surface area contributed by atoms with Gasteiger partial charge in [-0.1, -0.05) is 12.1 Å². The molecule has 5 rings (SSSR count). The number of hydrogen-bond acceptors (Lipinski definition) is 5. The number of benzene rings is 1. The lowest BCUT2D eigenvalue weighted by Crippen LogP contribution is -2.25. The van der Waals surface area contributed by atoms with Gasteiger partial charge in [0.1, 0.15) is 5.76 Å². The number of hydrogen-bond donors (Lipinski definition) is 0. The summed E-state index contributed by atoms with van der Waals surface area (Å²) in [7, 11) is -3.25. The maximum atomic E-state index is 13.0. The Morgan fingerprint density at radius 2 is 2.08 bits per heavy atom. The van der Waals surface area contributed by atoms with Crippen molar-refractivity contribution in [3.63, 3.8) is 0 Å². The van der Waals surface area contributed by atoms with Gasteiger partial charge >= 0.3 is 0 Å². The third-order valence-electron chi connectivity index (χ3n) is 5.22. The van der Waals surface area contributed by atoms with Crippen LogP contribution < -0.4 is 0 Å². The van der Waals surface area contributed by atoms with Gasteiger partial charge in [-0.05, 0) is 46.8 Å². The second-order valence-electron chi connectivity index (χ2n) is 6.69. The lowest BCUT2D eigenvalue weighted by atomic mass is 9.96. The van der Waals surface area contributed by atoms with Gasteiger partial charge in [0, 0.05) is 23.9 Å². The Morgan fingerprint density at radius 1 is 1.16 bits per heavy atom. The van der Waals surface area contributed by atoms with Crippen molar-refractivity contribution in [3.8, 4) is 10.4 Å². The average Bonchev–Trinajstić information content (AvgIpc) is 3.37. The molecule has 1 saturated heterocycles. The van der Waals surface area contributed by atoms with E-state index < -0.39 is 9.84 Å². The Hall–Kier alpha value is -1.89. The monoisotopic (exact) mass is 371 g/mol. The molecule has 2 aliphatic rings. The van der Waals surface area contributed by atoms with E-state index in [0.29, 0.717) is 18.0 Å². The predicted molar refractivity (Wildman–Crippen MR) is 97.5 cm³/mol. The molecule has 0 bridgehead atoms. The van der Waals surface area contributed by atoms with Crippen molar-refractivity contribution < 1.29 is 12.8 Å². The predicted octanol–water partition coefficient (Wildman–Crippen LogP) is 3.76. The summed E-state index contributed by atoms with van der Waals surface area (Å²) >= 11 is 1.68. The molecule has 0 spiro atoms. The molecular weight excluding hydrogens is 354 g/mol. The molecule has 0 unspecified atom stereocenters. The third-order valence-corrected chi connectivity index (χ3v) is 8.40. The molecular formula is C19H17NO3S2. The topological polar surface area (TPSA) is 50.5 Å². The van der Waals surface area contributed by atoms with Crippen LogP contribution in [0.5, 0.6) is 0 Å². The molecule has 3 aromatic rings. The molecule has 128 valence electrons. The fourth-order valence-electron chi connectivity index (χ4n) is 4.07. The van der Waals surface area contributed by atoms with Crippen LogP contribution in [0.25, 0.3) is 10.4 Å². The highest BCUT2D eigenvalue weighted by Gasteiger charge is 2.50. The normalized spacial score (nSPS) is 24.3. The first-order chi connectivity index (χ1) is 12.1.